The molecule has 0 atom stereocenters. The van der Waals surface area contributed by atoms with Crippen LogP contribution < -0.4 is 29.6 Å². The van der Waals surface area contributed by atoms with Gasteiger partial charge in [0.05, 0.1) is 33.6 Å². The van der Waals surface area contributed by atoms with Crippen molar-refractivity contribution in [3.05, 3.63) is 36.4 Å². The smallest absolute Gasteiger partial charge is 0.233 e. The summed E-state index contributed by atoms with van der Waals surface area (Å²) in [5.74, 6) is 0.800. The third kappa shape index (κ3) is 5.29. The van der Waals surface area contributed by atoms with Crippen molar-refractivity contribution in [2.75, 3.05) is 38.6 Å². The van der Waals surface area contributed by atoms with E-state index in [4.69, 9.17) is 18.9 Å². The van der Waals surface area contributed by atoms with Gasteiger partial charge in [-0.05, 0) is 19.1 Å². The van der Waals surface area contributed by atoms with Crippen molar-refractivity contribution < 1.29 is 28.5 Å². The summed E-state index contributed by atoms with van der Waals surface area (Å²) in [6, 6.07) is 10.2. The van der Waals surface area contributed by atoms with Gasteiger partial charge in [0.2, 0.25) is 17.6 Å². The number of para-hydroxylation sites is 2. The van der Waals surface area contributed by atoms with Gasteiger partial charge in [0.15, 0.2) is 11.5 Å². The molecule has 2 N–H and O–H groups in total. The molecular weight excluding hydrogens is 364 g/mol. The summed E-state index contributed by atoms with van der Waals surface area (Å²) >= 11 is 0. The number of anilines is 2. The number of benzene rings is 2. The third-order valence-corrected chi connectivity index (χ3v) is 3.73. The lowest BCUT2D eigenvalue weighted by molar-refractivity contribution is -0.123. The molecule has 0 aliphatic rings. The second-order valence-corrected chi connectivity index (χ2v) is 5.62. The molecule has 0 aliphatic carbocycles. The zero-order chi connectivity index (χ0) is 20.5. The largest absolute Gasteiger partial charge is 0.493 e. The van der Waals surface area contributed by atoms with Crippen LogP contribution in [-0.2, 0) is 9.59 Å². The van der Waals surface area contributed by atoms with Crippen molar-refractivity contribution in [1.29, 1.82) is 0 Å². The minimum Gasteiger partial charge on any atom is -0.493 e. The summed E-state index contributed by atoms with van der Waals surface area (Å²) in [5, 5.41) is 5.33. The predicted molar refractivity (Wildman–Crippen MR) is 106 cm³/mol. The van der Waals surface area contributed by atoms with Crippen LogP contribution in [0.15, 0.2) is 36.4 Å². The number of carbonyl (C=O) groups is 2. The first-order chi connectivity index (χ1) is 13.5. The minimum atomic E-state index is -0.485. The summed E-state index contributed by atoms with van der Waals surface area (Å²) in [6.07, 6.45) is -0.364. The van der Waals surface area contributed by atoms with E-state index in [1.165, 1.54) is 21.3 Å². The average molecular weight is 388 g/mol. The fourth-order valence-corrected chi connectivity index (χ4v) is 2.55. The zero-order valence-electron chi connectivity index (χ0n) is 16.3. The van der Waals surface area contributed by atoms with Gasteiger partial charge in [-0.3, -0.25) is 9.59 Å². The van der Waals surface area contributed by atoms with Crippen molar-refractivity contribution in [3.8, 4) is 23.0 Å². The van der Waals surface area contributed by atoms with Gasteiger partial charge in [-0.2, -0.15) is 0 Å². The van der Waals surface area contributed by atoms with E-state index < -0.39 is 11.8 Å². The molecule has 2 aromatic rings. The highest BCUT2D eigenvalue weighted by atomic mass is 16.5. The van der Waals surface area contributed by atoms with Gasteiger partial charge in [0, 0.05) is 17.8 Å². The molecule has 0 aromatic heterocycles. The monoisotopic (exact) mass is 388 g/mol. The third-order valence-electron chi connectivity index (χ3n) is 3.73. The lowest BCUT2D eigenvalue weighted by atomic mass is 10.2. The quantitative estimate of drug-likeness (QED) is 0.641. The first kappa shape index (κ1) is 20.9. The maximum atomic E-state index is 12.3. The summed E-state index contributed by atoms with van der Waals surface area (Å²) in [5.41, 5.74) is 0.928. The van der Waals surface area contributed by atoms with Crippen LogP contribution in [0.2, 0.25) is 0 Å². The number of hydrogen-bond donors (Lipinski definition) is 2. The summed E-state index contributed by atoms with van der Waals surface area (Å²) < 4.78 is 21.2. The van der Waals surface area contributed by atoms with E-state index in [9.17, 15) is 9.59 Å². The molecule has 0 saturated heterocycles. The number of ether oxygens (including phenoxy) is 4. The summed E-state index contributed by atoms with van der Waals surface area (Å²) in [6.45, 7) is 2.32. The minimum absolute atomic E-state index is 0.364. The van der Waals surface area contributed by atoms with E-state index in [1.54, 1.807) is 36.4 Å². The normalized spacial score (nSPS) is 10.0. The fourth-order valence-electron chi connectivity index (χ4n) is 2.55. The fraction of sp³-hybridized carbons (Fsp3) is 0.300. The SMILES string of the molecule is CCOc1ccccc1NC(=O)CC(=O)Nc1cc(OC)c(OC)c(OC)c1. The van der Waals surface area contributed by atoms with Crippen LogP contribution in [0.5, 0.6) is 23.0 Å². The van der Waals surface area contributed by atoms with E-state index in [0.29, 0.717) is 41.0 Å². The predicted octanol–water partition coefficient (Wildman–Crippen LogP) is 3.08. The standard InChI is InChI=1S/C20H24N2O6/c1-5-28-15-9-7-6-8-14(15)22-19(24)12-18(23)21-13-10-16(25-2)20(27-4)17(11-13)26-3/h6-11H,5,12H2,1-4H3,(H,21,23)(H,22,24). The zero-order valence-corrected chi connectivity index (χ0v) is 16.3. The molecule has 0 saturated carbocycles. The second-order valence-electron chi connectivity index (χ2n) is 5.62. The lowest BCUT2D eigenvalue weighted by Gasteiger charge is -2.15. The number of hydrogen-bond acceptors (Lipinski definition) is 6. The van der Waals surface area contributed by atoms with E-state index in [2.05, 4.69) is 10.6 Å². The van der Waals surface area contributed by atoms with Gasteiger partial charge < -0.3 is 29.6 Å². The molecule has 0 radical (unpaired) electrons. The Labute approximate surface area is 163 Å². The first-order valence-corrected chi connectivity index (χ1v) is 8.63. The van der Waals surface area contributed by atoms with Crippen LogP contribution in [-0.4, -0.2) is 39.8 Å². The molecule has 0 bridgehead atoms. The number of rotatable bonds is 9. The number of carbonyl (C=O) groups excluding carboxylic acids is 2. The number of methoxy groups -OCH3 is 3. The molecule has 0 unspecified atom stereocenters. The van der Waals surface area contributed by atoms with Crippen LogP contribution in [0.4, 0.5) is 11.4 Å². The highest BCUT2D eigenvalue weighted by Crippen LogP contribution is 2.39. The van der Waals surface area contributed by atoms with Crippen LogP contribution in [0.1, 0.15) is 13.3 Å². The van der Waals surface area contributed by atoms with Crippen LogP contribution >= 0.6 is 0 Å². The van der Waals surface area contributed by atoms with Crippen molar-refractivity contribution >= 4 is 23.2 Å². The van der Waals surface area contributed by atoms with Gasteiger partial charge in [0.1, 0.15) is 12.2 Å². The molecule has 2 aromatic carbocycles. The van der Waals surface area contributed by atoms with Crippen LogP contribution in [0, 0.1) is 0 Å². The van der Waals surface area contributed by atoms with E-state index in [1.807, 2.05) is 6.92 Å². The molecule has 28 heavy (non-hydrogen) atoms. The van der Waals surface area contributed by atoms with Gasteiger partial charge in [-0.25, -0.2) is 0 Å². The van der Waals surface area contributed by atoms with E-state index in [0.717, 1.165) is 0 Å². The highest BCUT2D eigenvalue weighted by Gasteiger charge is 2.16. The first-order valence-electron chi connectivity index (χ1n) is 8.63. The Hall–Kier alpha value is -3.42. The van der Waals surface area contributed by atoms with Crippen molar-refractivity contribution in [3.63, 3.8) is 0 Å². The van der Waals surface area contributed by atoms with E-state index >= 15 is 0 Å². The summed E-state index contributed by atoms with van der Waals surface area (Å²) in [4.78, 5) is 24.5. The second kappa shape index (κ2) is 10.1. The molecule has 0 fully saturated rings. The lowest BCUT2D eigenvalue weighted by Crippen LogP contribution is -2.21. The number of nitrogens with one attached hydrogen (secondary N) is 2. The highest BCUT2D eigenvalue weighted by molar-refractivity contribution is 6.08. The van der Waals surface area contributed by atoms with Crippen LogP contribution in [0.25, 0.3) is 0 Å². The van der Waals surface area contributed by atoms with Crippen molar-refractivity contribution in [2.45, 2.75) is 13.3 Å². The Morgan fingerprint density at radius 2 is 1.46 bits per heavy atom. The molecule has 150 valence electrons. The van der Waals surface area contributed by atoms with Crippen LogP contribution in [0.3, 0.4) is 0 Å². The number of amides is 2. The molecule has 2 rings (SSSR count). The Balaban J connectivity index is 2.05. The molecule has 0 spiro atoms. The van der Waals surface area contributed by atoms with E-state index in [-0.39, 0.29) is 6.42 Å². The molecule has 8 nitrogen and oxygen atoms in total. The topological polar surface area (TPSA) is 95.1 Å². The van der Waals surface area contributed by atoms with Gasteiger partial charge in [-0.15, -0.1) is 0 Å². The van der Waals surface area contributed by atoms with Gasteiger partial charge in [-0.1, -0.05) is 12.1 Å². The average Bonchev–Trinajstić information content (AvgIpc) is 2.68. The Bertz CT molecular complexity index is 812. The van der Waals surface area contributed by atoms with Crippen molar-refractivity contribution in [2.24, 2.45) is 0 Å². The molecule has 2 amide bonds. The van der Waals surface area contributed by atoms with Crippen molar-refractivity contribution in [1.82, 2.24) is 0 Å². The molecular formula is C20H24N2O6. The maximum Gasteiger partial charge on any atom is 0.233 e. The molecule has 0 heterocycles. The molecule has 8 heteroatoms. The summed E-state index contributed by atoms with van der Waals surface area (Å²) in [7, 11) is 4.45. The Morgan fingerprint density at radius 3 is 2.04 bits per heavy atom. The Kier molecular flexibility index (Phi) is 7.50. The maximum absolute atomic E-state index is 12.3. The molecule has 0 aliphatic heterocycles. The van der Waals surface area contributed by atoms with Gasteiger partial charge >= 0.3 is 0 Å². The Morgan fingerprint density at radius 1 is 0.857 bits per heavy atom. The van der Waals surface area contributed by atoms with Gasteiger partial charge in [0.25, 0.3) is 0 Å².